The zero-order valence-corrected chi connectivity index (χ0v) is 7.99. The minimum absolute atomic E-state index is 0.0906. The van der Waals surface area contributed by atoms with E-state index in [1.54, 1.807) is 12.1 Å². The van der Waals surface area contributed by atoms with Crippen LogP contribution in [0.15, 0.2) is 36.4 Å². The second-order valence-corrected chi connectivity index (χ2v) is 3.06. The summed E-state index contributed by atoms with van der Waals surface area (Å²) in [5, 5.41) is 10.8. The van der Waals surface area contributed by atoms with Gasteiger partial charge in [0, 0.05) is 0 Å². The van der Waals surface area contributed by atoms with Crippen molar-refractivity contribution in [2.24, 2.45) is 0 Å². The lowest BCUT2D eigenvalue weighted by Gasteiger charge is -1.96. The van der Waals surface area contributed by atoms with E-state index >= 15 is 0 Å². The Kier molecular flexibility index (Phi) is 4.10. The van der Waals surface area contributed by atoms with Gasteiger partial charge >= 0.3 is 0 Å². The van der Waals surface area contributed by atoms with Gasteiger partial charge in [-0.2, -0.15) is 0 Å². The van der Waals surface area contributed by atoms with Crippen LogP contribution >= 0.6 is 0 Å². The summed E-state index contributed by atoms with van der Waals surface area (Å²) in [6, 6.07) is 7.06. The average molecular weight is 175 g/mol. The molecule has 0 bridgehead atoms. The monoisotopic (exact) mass is 175 g/mol. The Bertz CT molecular complexity index is 259. The Labute approximate surface area is 79.7 Å². The lowest BCUT2D eigenvalue weighted by molar-refractivity contribution is 0.355. The predicted molar refractivity (Wildman–Crippen MR) is 54.3 cm³/mol. The average Bonchev–Trinajstić information content (AvgIpc) is 2.15. The number of hydrogen-bond acceptors (Lipinski definition) is 0. The van der Waals surface area contributed by atoms with Crippen LogP contribution < -0.4 is 0 Å². The second kappa shape index (κ2) is 5.41. The predicted octanol–water partition coefficient (Wildman–Crippen LogP) is 3.73. The molecule has 0 saturated carbocycles. The molecule has 0 amide bonds. The lowest BCUT2D eigenvalue weighted by atomic mass is 10.1. The van der Waals surface area contributed by atoms with Crippen LogP contribution in [0.1, 0.15) is 25.3 Å². The smallest absolute Gasteiger partial charge is 0.178 e. The van der Waals surface area contributed by atoms with Gasteiger partial charge < -0.3 is 0 Å². The van der Waals surface area contributed by atoms with E-state index in [1.165, 1.54) is 5.56 Å². The Morgan fingerprint density at radius 2 is 1.85 bits per heavy atom. The van der Waals surface area contributed by atoms with Crippen LogP contribution in [0.25, 0.3) is 0 Å². The first-order chi connectivity index (χ1) is 6.33. The van der Waals surface area contributed by atoms with E-state index in [9.17, 15) is 5.11 Å². The van der Waals surface area contributed by atoms with Gasteiger partial charge in [0.2, 0.25) is 0 Å². The third-order valence-electron chi connectivity index (χ3n) is 1.93. The first-order valence-electron chi connectivity index (χ1n) is 4.74. The summed E-state index contributed by atoms with van der Waals surface area (Å²) in [6.07, 6.45) is 7.54. The van der Waals surface area contributed by atoms with Crippen molar-refractivity contribution in [2.75, 3.05) is 0 Å². The molecule has 0 unspecified atom stereocenters. The van der Waals surface area contributed by atoms with Gasteiger partial charge in [-0.05, 0) is 37.0 Å². The van der Waals surface area contributed by atoms with Crippen molar-refractivity contribution in [3.05, 3.63) is 42.0 Å². The third-order valence-corrected chi connectivity index (χ3v) is 1.93. The molecular formula is C12H15O. The van der Waals surface area contributed by atoms with Crippen molar-refractivity contribution < 1.29 is 5.11 Å². The molecule has 1 aromatic carbocycles. The molecule has 0 heterocycles. The molecule has 0 aliphatic carbocycles. The highest BCUT2D eigenvalue weighted by molar-refractivity contribution is 5.25. The summed E-state index contributed by atoms with van der Waals surface area (Å²) in [4.78, 5) is 0. The van der Waals surface area contributed by atoms with Crippen LogP contribution in [0.4, 0.5) is 0 Å². The molecule has 13 heavy (non-hydrogen) atoms. The topological polar surface area (TPSA) is 19.9 Å². The number of benzene rings is 1. The van der Waals surface area contributed by atoms with Crippen molar-refractivity contribution in [2.45, 2.75) is 26.2 Å². The summed E-state index contributed by atoms with van der Waals surface area (Å²) in [6.45, 7) is 2.13. The molecule has 1 heteroatoms. The van der Waals surface area contributed by atoms with E-state index in [1.807, 2.05) is 12.1 Å². The first kappa shape index (κ1) is 9.85. The molecule has 0 spiro atoms. The maximum Gasteiger partial charge on any atom is 0.178 e. The largest absolute Gasteiger partial charge is 0.290 e. The fourth-order valence-electron chi connectivity index (χ4n) is 1.19. The Balaban J connectivity index is 2.37. The minimum Gasteiger partial charge on any atom is -0.290 e. The number of aryl methyl sites for hydroxylation is 1. The Morgan fingerprint density at radius 3 is 2.46 bits per heavy atom. The van der Waals surface area contributed by atoms with E-state index in [0.717, 1.165) is 19.3 Å². The van der Waals surface area contributed by atoms with Crippen LogP contribution in [0, 0.1) is 0 Å². The van der Waals surface area contributed by atoms with Gasteiger partial charge in [0.15, 0.2) is 5.75 Å². The van der Waals surface area contributed by atoms with Crippen molar-refractivity contribution in [3.63, 3.8) is 0 Å². The van der Waals surface area contributed by atoms with Crippen LogP contribution in [0.3, 0.4) is 0 Å². The van der Waals surface area contributed by atoms with Crippen molar-refractivity contribution in [3.8, 4) is 5.75 Å². The van der Waals surface area contributed by atoms with Crippen molar-refractivity contribution in [1.29, 1.82) is 0 Å². The summed E-state index contributed by atoms with van der Waals surface area (Å²) >= 11 is 0. The van der Waals surface area contributed by atoms with E-state index in [0.29, 0.717) is 0 Å². The molecule has 0 N–H and O–H groups in total. The minimum atomic E-state index is 0.0906. The summed E-state index contributed by atoms with van der Waals surface area (Å²) < 4.78 is 0. The van der Waals surface area contributed by atoms with Gasteiger partial charge in [-0.1, -0.05) is 31.2 Å². The van der Waals surface area contributed by atoms with E-state index in [4.69, 9.17) is 0 Å². The van der Waals surface area contributed by atoms with Gasteiger partial charge in [-0.25, -0.2) is 0 Å². The highest BCUT2D eigenvalue weighted by atomic mass is 16.3. The fourth-order valence-corrected chi connectivity index (χ4v) is 1.19. The van der Waals surface area contributed by atoms with Gasteiger partial charge in [0.05, 0.1) is 0 Å². The third kappa shape index (κ3) is 3.79. The second-order valence-electron chi connectivity index (χ2n) is 3.06. The lowest BCUT2D eigenvalue weighted by Crippen LogP contribution is -1.81. The van der Waals surface area contributed by atoms with Crippen LogP contribution in [0.2, 0.25) is 0 Å². The Morgan fingerprint density at radius 1 is 1.15 bits per heavy atom. The maximum absolute atomic E-state index is 10.8. The molecule has 69 valence electrons. The van der Waals surface area contributed by atoms with Gasteiger partial charge in [0.25, 0.3) is 0 Å². The quantitative estimate of drug-likeness (QED) is 0.621. The molecule has 1 aromatic rings. The van der Waals surface area contributed by atoms with Gasteiger partial charge in [-0.3, -0.25) is 5.11 Å². The molecule has 1 radical (unpaired) electrons. The molecular weight excluding hydrogens is 160 g/mol. The van der Waals surface area contributed by atoms with E-state index < -0.39 is 0 Å². The summed E-state index contributed by atoms with van der Waals surface area (Å²) in [7, 11) is 0. The summed E-state index contributed by atoms with van der Waals surface area (Å²) in [5.41, 5.74) is 1.24. The van der Waals surface area contributed by atoms with E-state index in [-0.39, 0.29) is 5.75 Å². The molecule has 1 rings (SSSR count). The standard InChI is InChI=1S/C12H15O/c1-2-3-4-5-6-11-7-9-12(13)10-8-11/h3-4,7-10H,2,5-6H2,1H3/b4-3+. The van der Waals surface area contributed by atoms with Crippen LogP contribution in [-0.4, -0.2) is 0 Å². The normalized spacial score (nSPS) is 10.8. The molecule has 0 atom stereocenters. The van der Waals surface area contributed by atoms with Crippen molar-refractivity contribution >= 4 is 0 Å². The fraction of sp³-hybridized carbons (Fsp3) is 0.333. The maximum atomic E-state index is 10.8. The number of allylic oxidation sites excluding steroid dienone is 2. The van der Waals surface area contributed by atoms with Crippen LogP contribution in [0.5, 0.6) is 5.75 Å². The molecule has 0 aliphatic heterocycles. The van der Waals surface area contributed by atoms with Gasteiger partial charge in [-0.15, -0.1) is 0 Å². The first-order valence-corrected chi connectivity index (χ1v) is 4.74. The molecule has 0 aliphatic rings. The highest BCUT2D eigenvalue weighted by Gasteiger charge is 1.92. The zero-order valence-electron chi connectivity index (χ0n) is 7.99. The molecule has 1 nitrogen and oxygen atoms in total. The van der Waals surface area contributed by atoms with Crippen molar-refractivity contribution in [1.82, 2.24) is 0 Å². The van der Waals surface area contributed by atoms with E-state index in [2.05, 4.69) is 19.1 Å². The summed E-state index contributed by atoms with van der Waals surface area (Å²) in [5.74, 6) is 0.0906. The molecule has 0 aromatic heterocycles. The van der Waals surface area contributed by atoms with Gasteiger partial charge in [0.1, 0.15) is 0 Å². The van der Waals surface area contributed by atoms with Crippen LogP contribution in [-0.2, 0) is 11.5 Å². The number of hydrogen-bond donors (Lipinski definition) is 0. The SMILES string of the molecule is CC/C=C/CCc1ccc([O])cc1. The number of rotatable bonds is 4. The molecule has 0 fully saturated rings. The molecule has 0 saturated heterocycles. The Hall–Kier alpha value is -1.24. The zero-order chi connectivity index (χ0) is 9.52. The highest BCUT2D eigenvalue weighted by Crippen LogP contribution is 2.11.